The molecule has 0 spiro atoms. The first-order valence-corrected chi connectivity index (χ1v) is 9.46. The first-order valence-electron chi connectivity index (χ1n) is 8.58. The summed E-state index contributed by atoms with van der Waals surface area (Å²) in [4.78, 5) is 24.3. The number of para-hydroxylation sites is 2. The van der Waals surface area contributed by atoms with Gasteiger partial charge in [-0.15, -0.1) is 11.3 Å². The minimum absolute atomic E-state index is 0.0952. The molecule has 0 fully saturated rings. The van der Waals surface area contributed by atoms with Gasteiger partial charge < -0.3 is 10.3 Å². The number of benzene rings is 2. The molecule has 7 heteroatoms. The topological polar surface area (TPSA) is 70.7 Å². The highest BCUT2D eigenvalue weighted by Gasteiger charge is 2.10. The molecule has 0 radical (unpaired) electrons. The van der Waals surface area contributed by atoms with Crippen LogP contribution in [-0.4, -0.2) is 27.4 Å². The highest BCUT2D eigenvalue weighted by molar-refractivity contribution is 7.13. The van der Waals surface area contributed by atoms with Crippen molar-refractivity contribution in [3.8, 4) is 10.6 Å². The van der Waals surface area contributed by atoms with E-state index in [4.69, 9.17) is 0 Å². The number of fused-ring (bicyclic) bond motifs is 1. The lowest BCUT2D eigenvalue weighted by molar-refractivity contribution is -0.120. The fourth-order valence-corrected chi connectivity index (χ4v) is 3.63. The molecular weight excluding hydrogens is 363 g/mol. The number of amides is 1. The van der Waals surface area contributed by atoms with Crippen molar-refractivity contribution in [2.24, 2.45) is 0 Å². The second-order valence-corrected chi connectivity index (χ2v) is 6.99. The van der Waals surface area contributed by atoms with Crippen molar-refractivity contribution in [3.05, 3.63) is 71.2 Å². The molecule has 0 saturated carbocycles. The molecule has 0 aliphatic heterocycles. The molecule has 4 aromatic rings. The first kappa shape index (κ1) is 17.4. The van der Waals surface area contributed by atoms with Gasteiger partial charge in [0, 0.05) is 23.9 Å². The number of rotatable bonds is 6. The van der Waals surface area contributed by atoms with E-state index < -0.39 is 0 Å². The molecule has 4 rings (SSSR count). The van der Waals surface area contributed by atoms with Crippen LogP contribution in [0.15, 0.2) is 53.9 Å². The van der Waals surface area contributed by atoms with Gasteiger partial charge >= 0.3 is 0 Å². The maximum absolute atomic E-state index is 13.3. The molecule has 5 nitrogen and oxygen atoms in total. The van der Waals surface area contributed by atoms with Gasteiger partial charge in [0.15, 0.2) is 0 Å². The third-order valence-corrected chi connectivity index (χ3v) is 5.03. The molecule has 1 amide bonds. The molecule has 0 aliphatic carbocycles. The van der Waals surface area contributed by atoms with E-state index in [0.717, 1.165) is 22.4 Å². The van der Waals surface area contributed by atoms with Crippen LogP contribution in [0.5, 0.6) is 0 Å². The van der Waals surface area contributed by atoms with Gasteiger partial charge in [-0.3, -0.25) is 4.79 Å². The zero-order valence-corrected chi connectivity index (χ0v) is 15.2. The fraction of sp³-hybridized carbons (Fsp3) is 0.150. The first-order chi connectivity index (χ1) is 13.2. The second-order valence-electron chi connectivity index (χ2n) is 6.13. The van der Waals surface area contributed by atoms with Crippen LogP contribution in [0.25, 0.3) is 21.6 Å². The Morgan fingerprint density at radius 2 is 2.04 bits per heavy atom. The number of halogens is 1. The number of imidazole rings is 1. The Kier molecular flexibility index (Phi) is 4.93. The molecule has 2 aromatic heterocycles. The van der Waals surface area contributed by atoms with Crippen molar-refractivity contribution in [2.75, 3.05) is 6.54 Å². The summed E-state index contributed by atoms with van der Waals surface area (Å²) in [6.07, 6.45) is 0.831. The Balaban J connectivity index is 1.30. The Morgan fingerprint density at radius 3 is 2.89 bits per heavy atom. The van der Waals surface area contributed by atoms with Gasteiger partial charge in [0.25, 0.3) is 0 Å². The summed E-state index contributed by atoms with van der Waals surface area (Å²) in [5.41, 5.74) is 3.31. The predicted molar refractivity (Wildman–Crippen MR) is 104 cm³/mol. The Bertz CT molecular complexity index is 1060. The number of aromatic amines is 1. The normalized spacial score (nSPS) is 11.0. The molecule has 2 N–H and O–H groups in total. The summed E-state index contributed by atoms with van der Waals surface area (Å²) in [5.74, 6) is 0.452. The summed E-state index contributed by atoms with van der Waals surface area (Å²) >= 11 is 1.40. The summed E-state index contributed by atoms with van der Waals surface area (Å²) < 4.78 is 13.3. The van der Waals surface area contributed by atoms with Gasteiger partial charge in [-0.2, -0.15) is 0 Å². The lowest BCUT2D eigenvalue weighted by Gasteiger charge is -2.02. The van der Waals surface area contributed by atoms with Crippen molar-refractivity contribution in [1.29, 1.82) is 0 Å². The molecule has 2 aromatic carbocycles. The third-order valence-electron chi connectivity index (χ3n) is 4.09. The lowest BCUT2D eigenvalue weighted by atomic mass is 10.2. The largest absolute Gasteiger partial charge is 0.355 e. The molecule has 0 bridgehead atoms. The van der Waals surface area contributed by atoms with Crippen molar-refractivity contribution in [3.63, 3.8) is 0 Å². The minimum atomic E-state index is -0.299. The van der Waals surface area contributed by atoms with E-state index in [0.29, 0.717) is 23.7 Å². The van der Waals surface area contributed by atoms with Crippen LogP contribution >= 0.6 is 11.3 Å². The van der Waals surface area contributed by atoms with Crippen molar-refractivity contribution < 1.29 is 9.18 Å². The zero-order valence-electron chi connectivity index (χ0n) is 14.4. The average molecular weight is 380 g/mol. The van der Waals surface area contributed by atoms with Crippen molar-refractivity contribution in [2.45, 2.75) is 12.8 Å². The summed E-state index contributed by atoms with van der Waals surface area (Å²) in [7, 11) is 0. The summed E-state index contributed by atoms with van der Waals surface area (Å²) in [6, 6.07) is 14.1. The van der Waals surface area contributed by atoms with Gasteiger partial charge in [0.05, 0.1) is 23.1 Å². The number of carbonyl (C=O) groups is 1. The molecule has 0 atom stereocenters. The van der Waals surface area contributed by atoms with E-state index in [2.05, 4.69) is 20.3 Å². The van der Waals surface area contributed by atoms with E-state index in [9.17, 15) is 9.18 Å². The molecule has 0 aliphatic rings. The van der Waals surface area contributed by atoms with Crippen molar-refractivity contribution >= 4 is 28.3 Å². The molecule has 136 valence electrons. The molecule has 0 saturated heterocycles. The van der Waals surface area contributed by atoms with Gasteiger partial charge in [-0.25, -0.2) is 14.4 Å². The predicted octanol–water partition coefficient (Wildman–Crippen LogP) is 3.73. The van der Waals surface area contributed by atoms with E-state index in [1.807, 2.05) is 29.6 Å². The monoisotopic (exact) mass is 380 g/mol. The van der Waals surface area contributed by atoms with Crippen LogP contribution in [0, 0.1) is 5.82 Å². The minimum Gasteiger partial charge on any atom is -0.355 e. The van der Waals surface area contributed by atoms with Gasteiger partial charge in [0.1, 0.15) is 16.6 Å². The molecule has 2 heterocycles. The van der Waals surface area contributed by atoms with E-state index in [-0.39, 0.29) is 18.1 Å². The SMILES string of the molecule is O=C(Cc1csc(-c2cccc(F)c2)n1)NCCc1nc2ccccc2[nH]1. The zero-order chi connectivity index (χ0) is 18.6. The van der Waals surface area contributed by atoms with Crippen LogP contribution in [0.3, 0.4) is 0 Å². The molecule has 27 heavy (non-hydrogen) atoms. The van der Waals surface area contributed by atoms with Crippen LogP contribution in [0.1, 0.15) is 11.5 Å². The number of H-pyrrole nitrogens is 1. The van der Waals surface area contributed by atoms with Gasteiger partial charge in [-0.1, -0.05) is 24.3 Å². The fourth-order valence-electron chi connectivity index (χ4n) is 2.81. The number of carbonyl (C=O) groups excluding carboxylic acids is 1. The lowest BCUT2D eigenvalue weighted by Crippen LogP contribution is -2.27. The molecule has 0 unspecified atom stereocenters. The van der Waals surface area contributed by atoms with Gasteiger partial charge in [0.2, 0.25) is 5.91 Å². The molecular formula is C20H17FN4OS. The number of thiazole rings is 1. The van der Waals surface area contributed by atoms with Crippen LogP contribution < -0.4 is 5.32 Å². The third kappa shape index (κ3) is 4.20. The number of nitrogens with zero attached hydrogens (tertiary/aromatic N) is 2. The smallest absolute Gasteiger partial charge is 0.226 e. The van der Waals surface area contributed by atoms with Gasteiger partial charge in [-0.05, 0) is 24.3 Å². The number of hydrogen-bond acceptors (Lipinski definition) is 4. The highest BCUT2D eigenvalue weighted by atomic mass is 32.1. The highest BCUT2D eigenvalue weighted by Crippen LogP contribution is 2.24. The summed E-state index contributed by atoms with van der Waals surface area (Å²) in [5, 5.41) is 5.43. The maximum Gasteiger partial charge on any atom is 0.226 e. The van der Waals surface area contributed by atoms with E-state index >= 15 is 0 Å². The summed E-state index contributed by atoms with van der Waals surface area (Å²) in [6.45, 7) is 0.500. The number of nitrogens with one attached hydrogen (secondary N) is 2. The number of aromatic nitrogens is 3. The van der Waals surface area contributed by atoms with Crippen LogP contribution in [0.2, 0.25) is 0 Å². The van der Waals surface area contributed by atoms with E-state index in [1.54, 1.807) is 12.1 Å². The van der Waals surface area contributed by atoms with Crippen LogP contribution in [-0.2, 0) is 17.6 Å². The van der Waals surface area contributed by atoms with E-state index in [1.165, 1.54) is 23.5 Å². The Hall–Kier alpha value is -3.06. The number of hydrogen-bond donors (Lipinski definition) is 2. The van der Waals surface area contributed by atoms with Crippen molar-refractivity contribution in [1.82, 2.24) is 20.3 Å². The quantitative estimate of drug-likeness (QED) is 0.535. The Morgan fingerprint density at radius 1 is 1.15 bits per heavy atom. The Labute approximate surface area is 159 Å². The maximum atomic E-state index is 13.3. The average Bonchev–Trinajstić information content (AvgIpc) is 3.28. The van der Waals surface area contributed by atoms with Crippen LogP contribution in [0.4, 0.5) is 4.39 Å². The second kappa shape index (κ2) is 7.67. The standard InChI is InChI=1S/C20H17FN4OS/c21-14-5-3-4-13(10-14)20-23-15(12-27-20)11-19(26)22-9-8-18-24-16-6-1-2-7-17(16)25-18/h1-7,10,12H,8-9,11H2,(H,22,26)(H,24,25).